The van der Waals surface area contributed by atoms with Gasteiger partial charge in [0.1, 0.15) is 6.10 Å². The summed E-state index contributed by atoms with van der Waals surface area (Å²) in [4.78, 5) is 4.01. The Morgan fingerprint density at radius 2 is 2.20 bits per heavy atom. The number of ether oxygens (including phenoxy) is 2. The van der Waals surface area contributed by atoms with Gasteiger partial charge in [-0.3, -0.25) is 0 Å². The highest BCUT2D eigenvalue weighted by Gasteiger charge is 2.50. The fourth-order valence-electron chi connectivity index (χ4n) is 2.29. The normalized spacial score (nSPS) is 27.1. The Kier molecular flexibility index (Phi) is 2.87. The second-order valence-corrected chi connectivity index (χ2v) is 6.43. The van der Waals surface area contributed by atoms with E-state index < -0.39 is 16.1 Å². The van der Waals surface area contributed by atoms with Crippen molar-refractivity contribution >= 4 is 10.3 Å². The first-order chi connectivity index (χ1) is 9.39. The molecule has 3 rings (SSSR count). The monoisotopic (exact) mass is 298 g/mol. The average molecular weight is 298 g/mol. The Bertz CT molecular complexity index is 685. The van der Waals surface area contributed by atoms with E-state index in [4.69, 9.17) is 13.7 Å². The number of nitrogens with zero attached hydrogens (tertiary/aromatic N) is 2. The summed E-state index contributed by atoms with van der Waals surface area (Å²) < 4.78 is 40.9. The maximum absolute atomic E-state index is 11.9. The number of methoxy groups -OCH3 is 1. The summed E-state index contributed by atoms with van der Waals surface area (Å²) in [6.45, 7) is 0. The fraction of sp³-hybridized carbons (Fsp3) is 0.417. The van der Waals surface area contributed by atoms with Crippen molar-refractivity contribution < 1.29 is 22.1 Å². The number of aromatic nitrogens is 1. The summed E-state index contributed by atoms with van der Waals surface area (Å²) in [7, 11) is 0.360. The second kappa shape index (κ2) is 4.26. The largest absolute Gasteiger partial charge is 0.386 e. The lowest BCUT2D eigenvalue weighted by molar-refractivity contribution is -0.184. The van der Waals surface area contributed by atoms with Gasteiger partial charge >= 0.3 is 10.3 Å². The van der Waals surface area contributed by atoms with Crippen molar-refractivity contribution in [1.82, 2.24) is 9.29 Å². The van der Waals surface area contributed by atoms with E-state index in [1.54, 1.807) is 12.1 Å². The van der Waals surface area contributed by atoms with Crippen LogP contribution in [0.3, 0.4) is 0 Å². The van der Waals surface area contributed by atoms with Crippen molar-refractivity contribution in [2.75, 3.05) is 21.2 Å². The Morgan fingerprint density at radius 1 is 1.45 bits per heavy atom. The van der Waals surface area contributed by atoms with E-state index in [1.807, 2.05) is 6.08 Å². The molecule has 0 fully saturated rings. The SMILES string of the molecule is CO[C@]12C=C[C@H](O1)c1ccnc(OS(=O)(=O)N(C)C)c12. The molecule has 2 atom stereocenters. The molecule has 3 heterocycles. The van der Waals surface area contributed by atoms with Crippen molar-refractivity contribution in [3.05, 3.63) is 35.5 Å². The van der Waals surface area contributed by atoms with E-state index in [-0.39, 0.29) is 12.0 Å². The molecule has 0 N–H and O–H groups in total. The number of pyridine rings is 1. The molecule has 0 aromatic carbocycles. The Hall–Kier alpha value is -1.48. The van der Waals surface area contributed by atoms with E-state index in [1.165, 1.54) is 27.4 Å². The van der Waals surface area contributed by atoms with Crippen LogP contribution in [0.5, 0.6) is 5.88 Å². The molecule has 0 saturated carbocycles. The molecule has 8 heteroatoms. The molecule has 0 saturated heterocycles. The Labute approximate surface area is 117 Å². The van der Waals surface area contributed by atoms with Crippen molar-refractivity contribution in [3.63, 3.8) is 0 Å². The van der Waals surface area contributed by atoms with E-state index >= 15 is 0 Å². The minimum absolute atomic E-state index is 0.0232. The van der Waals surface area contributed by atoms with Gasteiger partial charge in [0, 0.05) is 33.0 Å². The van der Waals surface area contributed by atoms with Gasteiger partial charge in [-0.2, -0.15) is 12.7 Å². The first-order valence-corrected chi connectivity index (χ1v) is 7.30. The van der Waals surface area contributed by atoms with E-state index in [0.29, 0.717) is 5.56 Å². The molecule has 108 valence electrons. The van der Waals surface area contributed by atoms with Crippen molar-refractivity contribution in [2.45, 2.75) is 11.9 Å². The smallest absolute Gasteiger partial charge is 0.349 e. The maximum Gasteiger partial charge on any atom is 0.386 e. The Morgan fingerprint density at radius 3 is 2.85 bits per heavy atom. The third-order valence-electron chi connectivity index (χ3n) is 3.33. The van der Waals surface area contributed by atoms with E-state index in [9.17, 15) is 8.42 Å². The fourth-order valence-corrected chi connectivity index (χ4v) is 2.77. The molecular formula is C12H14N2O5S. The van der Waals surface area contributed by atoms with Crippen LogP contribution < -0.4 is 4.18 Å². The lowest BCUT2D eigenvalue weighted by Gasteiger charge is -2.23. The van der Waals surface area contributed by atoms with E-state index in [0.717, 1.165) is 9.87 Å². The molecular weight excluding hydrogens is 284 g/mol. The number of hydrogen-bond acceptors (Lipinski definition) is 6. The minimum atomic E-state index is -3.89. The number of hydrogen-bond donors (Lipinski definition) is 0. The van der Waals surface area contributed by atoms with Crippen LogP contribution in [0.4, 0.5) is 0 Å². The summed E-state index contributed by atoms with van der Waals surface area (Å²) in [5.41, 5.74) is 1.30. The molecule has 7 nitrogen and oxygen atoms in total. The van der Waals surface area contributed by atoms with Gasteiger partial charge in [-0.15, -0.1) is 0 Å². The third kappa shape index (κ3) is 1.76. The average Bonchev–Trinajstić information content (AvgIpc) is 2.96. The first kappa shape index (κ1) is 13.5. The predicted molar refractivity (Wildman–Crippen MR) is 69.1 cm³/mol. The van der Waals surface area contributed by atoms with Crippen LogP contribution in [-0.4, -0.2) is 38.9 Å². The van der Waals surface area contributed by atoms with Gasteiger partial charge in [0.05, 0.1) is 5.56 Å². The molecule has 2 aliphatic heterocycles. The number of fused-ring (bicyclic) bond motifs is 5. The lowest BCUT2D eigenvalue weighted by Crippen LogP contribution is -2.30. The highest BCUT2D eigenvalue weighted by Crippen LogP contribution is 2.53. The third-order valence-corrected chi connectivity index (χ3v) is 4.59. The van der Waals surface area contributed by atoms with Crippen LogP contribution in [0.15, 0.2) is 24.4 Å². The number of rotatable bonds is 4. The summed E-state index contributed by atoms with van der Waals surface area (Å²) in [5, 5.41) is 0. The van der Waals surface area contributed by atoms with Crippen LogP contribution in [0.1, 0.15) is 17.2 Å². The summed E-state index contributed by atoms with van der Waals surface area (Å²) in [5.74, 6) is -1.14. The van der Waals surface area contributed by atoms with Crippen molar-refractivity contribution in [3.8, 4) is 5.88 Å². The maximum atomic E-state index is 11.9. The second-order valence-electron chi connectivity index (χ2n) is 4.67. The lowest BCUT2D eigenvalue weighted by atomic mass is 9.96. The van der Waals surface area contributed by atoms with Crippen LogP contribution >= 0.6 is 0 Å². The minimum Gasteiger partial charge on any atom is -0.349 e. The molecule has 0 radical (unpaired) electrons. The zero-order chi connectivity index (χ0) is 14.5. The topological polar surface area (TPSA) is 78.0 Å². The van der Waals surface area contributed by atoms with Gasteiger partial charge in [0.2, 0.25) is 11.7 Å². The van der Waals surface area contributed by atoms with Crippen LogP contribution in [-0.2, 0) is 25.6 Å². The molecule has 2 bridgehead atoms. The molecule has 0 aliphatic carbocycles. The molecule has 1 aromatic rings. The van der Waals surface area contributed by atoms with Gasteiger partial charge in [-0.05, 0) is 18.2 Å². The Balaban J connectivity index is 2.10. The quantitative estimate of drug-likeness (QED) is 0.762. The summed E-state index contributed by atoms with van der Waals surface area (Å²) >= 11 is 0. The zero-order valence-corrected chi connectivity index (χ0v) is 12.0. The molecule has 0 spiro atoms. The highest BCUT2D eigenvalue weighted by molar-refractivity contribution is 7.84. The standard InChI is InChI=1S/C12H14N2O5S/c1-14(2)20(15,16)19-11-10-8(5-7-13-11)9-4-6-12(10,17-3)18-9/h4-7,9H,1-3H3/t9-,12+/m0/s1. The summed E-state index contributed by atoms with van der Waals surface area (Å²) in [6, 6.07) is 1.76. The van der Waals surface area contributed by atoms with E-state index in [2.05, 4.69) is 4.98 Å². The predicted octanol–water partition coefficient (Wildman–Crippen LogP) is 0.707. The van der Waals surface area contributed by atoms with Gasteiger partial charge in [-0.1, -0.05) is 0 Å². The van der Waals surface area contributed by atoms with Crippen LogP contribution in [0, 0.1) is 0 Å². The molecule has 2 aliphatic rings. The molecule has 0 unspecified atom stereocenters. The van der Waals surface area contributed by atoms with Gasteiger partial charge < -0.3 is 13.7 Å². The summed E-state index contributed by atoms with van der Waals surface area (Å²) in [6.07, 6.45) is 4.81. The van der Waals surface area contributed by atoms with Crippen molar-refractivity contribution in [1.29, 1.82) is 0 Å². The zero-order valence-electron chi connectivity index (χ0n) is 11.2. The molecule has 0 amide bonds. The highest BCUT2D eigenvalue weighted by atomic mass is 32.2. The molecule has 20 heavy (non-hydrogen) atoms. The van der Waals surface area contributed by atoms with Gasteiger partial charge in [0.25, 0.3) is 0 Å². The van der Waals surface area contributed by atoms with Crippen molar-refractivity contribution in [2.24, 2.45) is 0 Å². The van der Waals surface area contributed by atoms with Gasteiger partial charge in [0.15, 0.2) is 0 Å². The van der Waals surface area contributed by atoms with Crippen LogP contribution in [0.2, 0.25) is 0 Å². The molecule has 1 aromatic heterocycles. The van der Waals surface area contributed by atoms with Gasteiger partial charge in [-0.25, -0.2) is 4.98 Å². The van der Waals surface area contributed by atoms with Crippen LogP contribution in [0.25, 0.3) is 0 Å². The first-order valence-electron chi connectivity index (χ1n) is 5.93.